The molecule has 2 heterocycles. The summed E-state index contributed by atoms with van der Waals surface area (Å²) in [4.78, 5) is 11.7. The van der Waals surface area contributed by atoms with Crippen LogP contribution in [0.25, 0.3) is 0 Å². The fraction of sp³-hybridized carbons (Fsp3) is 0.870. The number of carbonyl (C=O) groups is 1. The molecule has 2 aliphatic heterocycles. The Morgan fingerprint density at radius 1 is 1.30 bits per heavy atom. The first-order chi connectivity index (χ1) is 14.2. The van der Waals surface area contributed by atoms with Crippen molar-refractivity contribution in [3.8, 4) is 0 Å². The number of fused-ring (bicyclic) bond motifs is 1. The zero-order valence-corrected chi connectivity index (χ0v) is 18.2. The van der Waals surface area contributed by atoms with Crippen molar-refractivity contribution in [2.75, 3.05) is 6.61 Å². The maximum absolute atomic E-state index is 14.3. The van der Waals surface area contributed by atoms with Crippen LogP contribution < -0.4 is 0 Å². The smallest absolute Gasteiger partial charge is 0.397 e. The lowest BCUT2D eigenvalue weighted by atomic mass is 9.77. The number of alkyl halides is 3. The molecule has 0 spiro atoms. The first-order valence-electron chi connectivity index (χ1n) is 11.4. The van der Waals surface area contributed by atoms with Gasteiger partial charge < -0.3 is 14.2 Å². The SMILES string of the molecule is CCCCC(C)([C@@H](/C=C/[C@H]1[C@@H]2CC(=O)O[C@@H]2C[C@@H]1C)OC1CCCCO1)C(F)(F)F. The van der Waals surface area contributed by atoms with Crippen molar-refractivity contribution in [1.82, 2.24) is 0 Å². The summed E-state index contributed by atoms with van der Waals surface area (Å²) in [6.07, 6.45) is 1.88. The van der Waals surface area contributed by atoms with Gasteiger partial charge in [0.15, 0.2) is 6.29 Å². The van der Waals surface area contributed by atoms with Gasteiger partial charge >= 0.3 is 12.1 Å². The molecular weight excluding hydrogens is 397 g/mol. The van der Waals surface area contributed by atoms with Crippen LogP contribution in [0.1, 0.15) is 72.1 Å². The molecule has 2 unspecified atom stereocenters. The summed E-state index contributed by atoms with van der Waals surface area (Å²) in [7, 11) is 0. The molecule has 7 heteroatoms. The second-order valence-electron chi connectivity index (χ2n) is 9.44. The molecular formula is C23H35F3O4. The molecule has 2 saturated heterocycles. The van der Waals surface area contributed by atoms with Gasteiger partial charge in [0.1, 0.15) is 6.10 Å². The van der Waals surface area contributed by atoms with Crippen molar-refractivity contribution in [3.63, 3.8) is 0 Å². The van der Waals surface area contributed by atoms with Gasteiger partial charge in [0.05, 0.1) is 17.9 Å². The lowest BCUT2D eigenvalue weighted by Gasteiger charge is -2.40. The quantitative estimate of drug-likeness (QED) is 0.359. The molecule has 4 nitrogen and oxygen atoms in total. The molecule has 0 bridgehead atoms. The normalized spacial score (nSPS) is 35.3. The Morgan fingerprint density at radius 2 is 2.07 bits per heavy atom. The Labute approximate surface area is 177 Å². The highest BCUT2D eigenvalue weighted by Crippen LogP contribution is 2.49. The molecule has 7 atom stereocenters. The van der Waals surface area contributed by atoms with Crippen molar-refractivity contribution in [1.29, 1.82) is 0 Å². The summed E-state index contributed by atoms with van der Waals surface area (Å²) in [5, 5.41) is 0. The van der Waals surface area contributed by atoms with Crippen molar-refractivity contribution in [3.05, 3.63) is 12.2 Å². The predicted octanol–water partition coefficient (Wildman–Crippen LogP) is 5.80. The standard InChI is InChI=1S/C23H35F3O4/c1-4-5-11-22(3,23(24,25)26)19(30-21-8-6-7-12-28-21)10-9-16-15(2)13-18-17(16)14-20(27)29-18/h9-10,15-19,21H,4-8,11-14H2,1-3H3/b10-9+/t15-,16+,17-,18+,19+,21?,22?/m0/s1. The van der Waals surface area contributed by atoms with Gasteiger partial charge in [0.25, 0.3) is 0 Å². The second kappa shape index (κ2) is 9.60. The average molecular weight is 433 g/mol. The third kappa shape index (κ3) is 5.04. The molecule has 0 aromatic heterocycles. The van der Waals surface area contributed by atoms with Crippen LogP contribution >= 0.6 is 0 Å². The summed E-state index contributed by atoms with van der Waals surface area (Å²) in [6, 6.07) is 0. The number of hydrogen-bond donors (Lipinski definition) is 0. The minimum Gasteiger partial charge on any atom is -0.462 e. The van der Waals surface area contributed by atoms with Crippen molar-refractivity contribution in [2.24, 2.45) is 23.2 Å². The zero-order chi connectivity index (χ0) is 21.9. The van der Waals surface area contributed by atoms with E-state index in [4.69, 9.17) is 14.2 Å². The van der Waals surface area contributed by atoms with Gasteiger partial charge in [-0.25, -0.2) is 0 Å². The Morgan fingerprint density at radius 3 is 2.70 bits per heavy atom. The van der Waals surface area contributed by atoms with Crippen LogP contribution in [0.3, 0.4) is 0 Å². The van der Waals surface area contributed by atoms with Crippen molar-refractivity contribution < 1.29 is 32.2 Å². The lowest BCUT2D eigenvalue weighted by molar-refractivity contribution is -0.279. The van der Waals surface area contributed by atoms with Crippen LogP contribution in [0.4, 0.5) is 13.2 Å². The predicted molar refractivity (Wildman–Crippen MR) is 107 cm³/mol. The Balaban J connectivity index is 1.84. The van der Waals surface area contributed by atoms with Crippen molar-refractivity contribution >= 4 is 5.97 Å². The highest BCUT2D eigenvalue weighted by atomic mass is 19.4. The summed E-state index contributed by atoms with van der Waals surface area (Å²) < 4.78 is 59.7. The third-order valence-corrected chi connectivity index (χ3v) is 7.19. The van der Waals surface area contributed by atoms with Gasteiger partial charge in [-0.3, -0.25) is 4.79 Å². The molecule has 0 aromatic carbocycles. The summed E-state index contributed by atoms with van der Waals surface area (Å²) in [5.41, 5.74) is -2.00. The topological polar surface area (TPSA) is 44.8 Å². The van der Waals surface area contributed by atoms with Gasteiger partial charge in [-0.2, -0.15) is 13.2 Å². The first kappa shape index (κ1) is 23.6. The van der Waals surface area contributed by atoms with Gasteiger partial charge in [0.2, 0.25) is 0 Å². The van der Waals surface area contributed by atoms with E-state index in [1.165, 1.54) is 6.92 Å². The Kier molecular flexibility index (Phi) is 7.54. The van der Waals surface area contributed by atoms with Crippen LogP contribution in [0.2, 0.25) is 0 Å². The average Bonchev–Trinajstić information content (AvgIpc) is 3.17. The van der Waals surface area contributed by atoms with Gasteiger partial charge in [-0.15, -0.1) is 0 Å². The molecule has 0 N–H and O–H groups in total. The van der Waals surface area contributed by atoms with E-state index in [9.17, 15) is 18.0 Å². The fourth-order valence-corrected chi connectivity index (χ4v) is 5.12. The number of ether oxygens (including phenoxy) is 3. The molecule has 3 rings (SSSR count). The van der Waals surface area contributed by atoms with Crippen LogP contribution in [-0.2, 0) is 19.0 Å². The lowest BCUT2D eigenvalue weighted by Crippen LogP contribution is -2.47. The van der Waals surface area contributed by atoms with E-state index in [0.29, 0.717) is 32.3 Å². The maximum atomic E-state index is 14.3. The highest BCUT2D eigenvalue weighted by molar-refractivity contribution is 5.72. The second-order valence-corrected chi connectivity index (χ2v) is 9.44. The number of esters is 1. The minimum absolute atomic E-state index is 0.00258. The number of allylic oxidation sites excluding steroid dienone is 1. The monoisotopic (exact) mass is 432 g/mol. The molecule has 0 radical (unpaired) electrons. The first-order valence-corrected chi connectivity index (χ1v) is 11.4. The Bertz CT molecular complexity index is 614. The van der Waals surface area contributed by atoms with Crippen LogP contribution in [0.5, 0.6) is 0 Å². The molecule has 0 amide bonds. The molecule has 0 aromatic rings. The number of carbonyl (C=O) groups excluding carboxylic acids is 1. The zero-order valence-electron chi connectivity index (χ0n) is 18.2. The van der Waals surface area contributed by atoms with Gasteiger partial charge in [-0.1, -0.05) is 38.8 Å². The van der Waals surface area contributed by atoms with E-state index < -0.39 is 24.0 Å². The van der Waals surface area contributed by atoms with E-state index in [1.54, 1.807) is 6.08 Å². The minimum atomic E-state index is -4.40. The van der Waals surface area contributed by atoms with E-state index in [1.807, 2.05) is 13.0 Å². The summed E-state index contributed by atoms with van der Waals surface area (Å²) in [5.74, 6) is 0.108. The van der Waals surface area contributed by atoms with Gasteiger partial charge in [0, 0.05) is 12.5 Å². The van der Waals surface area contributed by atoms with E-state index in [-0.39, 0.29) is 36.2 Å². The summed E-state index contributed by atoms with van der Waals surface area (Å²) in [6.45, 7) is 5.75. The van der Waals surface area contributed by atoms with Crippen LogP contribution in [0.15, 0.2) is 12.2 Å². The fourth-order valence-electron chi connectivity index (χ4n) is 5.12. The van der Waals surface area contributed by atoms with Crippen molar-refractivity contribution in [2.45, 2.75) is 96.8 Å². The molecule has 172 valence electrons. The van der Waals surface area contributed by atoms with E-state index in [0.717, 1.165) is 19.3 Å². The molecule has 1 saturated carbocycles. The molecule has 3 fully saturated rings. The van der Waals surface area contributed by atoms with E-state index in [2.05, 4.69) is 6.92 Å². The number of unbranched alkanes of at least 4 members (excludes halogenated alkanes) is 1. The van der Waals surface area contributed by atoms with Crippen LogP contribution in [0, 0.1) is 23.2 Å². The molecule has 3 aliphatic rings. The number of halogens is 3. The largest absolute Gasteiger partial charge is 0.462 e. The van der Waals surface area contributed by atoms with Crippen LogP contribution in [-0.4, -0.2) is 37.3 Å². The summed E-state index contributed by atoms with van der Waals surface area (Å²) >= 11 is 0. The number of rotatable bonds is 8. The molecule has 1 aliphatic carbocycles. The highest BCUT2D eigenvalue weighted by Gasteiger charge is 2.56. The third-order valence-electron chi connectivity index (χ3n) is 7.19. The number of hydrogen-bond acceptors (Lipinski definition) is 4. The van der Waals surface area contributed by atoms with Gasteiger partial charge in [-0.05, 0) is 50.9 Å². The van der Waals surface area contributed by atoms with E-state index >= 15 is 0 Å². The Hall–Kier alpha value is -1.08. The maximum Gasteiger partial charge on any atom is 0.397 e. The molecule has 30 heavy (non-hydrogen) atoms.